The average Bonchev–Trinajstić information content (AvgIpc) is 2.37. The fourth-order valence-electron chi connectivity index (χ4n) is 2.27. The van der Waals surface area contributed by atoms with Crippen molar-refractivity contribution in [3.05, 3.63) is 34.3 Å². The second-order valence-electron chi connectivity index (χ2n) is 5.08. The first-order valence-electron chi connectivity index (χ1n) is 7.18. The van der Waals surface area contributed by atoms with E-state index in [4.69, 9.17) is 0 Å². The first-order valence-corrected chi connectivity index (χ1v) is 7.98. The van der Waals surface area contributed by atoms with Crippen molar-refractivity contribution in [2.75, 3.05) is 0 Å². The number of hydrogen-bond donors (Lipinski definition) is 1. The lowest BCUT2D eigenvalue weighted by Crippen LogP contribution is -2.30. The van der Waals surface area contributed by atoms with Crippen molar-refractivity contribution in [3.63, 3.8) is 0 Å². The molecular weight excluding hydrogens is 286 g/mol. The Morgan fingerprint density at radius 1 is 1.11 bits per heavy atom. The molecule has 0 aliphatic heterocycles. The van der Waals surface area contributed by atoms with Crippen LogP contribution >= 0.6 is 15.9 Å². The topological polar surface area (TPSA) is 12.0 Å². The van der Waals surface area contributed by atoms with Gasteiger partial charge in [-0.3, -0.25) is 0 Å². The minimum atomic E-state index is 0.481. The third-order valence-electron chi connectivity index (χ3n) is 3.41. The van der Waals surface area contributed by atoms with Crippen molar-refractivity contribution in [1.82, 2.24) is 5.32 Å². The molecule has 0 bridgehead atoms. The van der Waals surface area contributed by atoms with Crippen LogP contribution in [0, 0.1) is 0 Å². The Kier molecular flexibility index (Phi) is 7.60. The summed E-state index contributed by atoms with van der Waals surface area (Å²) in [7, 11) is 0. The van der Waals surface area contributed by atoms with E-state index in [-0.39, 0.29) is 0 Å². The van der Waals surface area contributed by atoms with Crippen LogP contribution < -0.4 is 5.32 Å². The molecule has 2 unspecified atom stereocenters. The number of benzene rings is 1. The Balaban J connectivity index is 2.48. The Labute approximate surface area is 120 Å². The molecule has 0 aromatic heterocycles. The molecule has 102 valence electrons. The van der Waals surface area contributed by atoms with E-state index in [0.717, 1.165) is 10.9 Å². The third kappa shape index (κ3) is 5.53. The van der Waals surface area contributed by atoms with Crippen LogP contribution in [0.4, 0.5) is 0 Å². The lowest BCUT2D eigenvalue weighted by molar-refractivity contribution is 0.415. The fourth-order valence-corrected chi connectivity index (χ4v) is 2.54. The average molecular weight is 312 g/mol. The van der Waals surface area contributed by atoms with Gasteiger partial charge in [0, 0.05) is 16.6 Å². The van der Waals surface area contributed by atoms with Crippen LogP contribution in [0.25, 0.3) is 0 Å². The molecule has 0 fully saturated rings. The highest BCUT2D eigenvalue weighted by atomic mass is 79.9. The van der Waals surface area contributed by atoms with Gasteiger partial charge in [-0.15, -0.1) is 0 Å². The summed E-state index contributed by atoms with van der Waals surface area (Å²) in [6, 6.07) is 9.76. The van der Waals surface area contributed by atoms with Crippen molar-refractivity contribution < 1.29 is 0 Å². The van der Waals surface area contributed by atoms with Crippen molar-refractivity contribution in [2.45, 2.75) is 65.0 Å². The molecule has 1 N–H and O–H groups in total. The quantitative estimate of drug-likeness (QED) is 0.629. The first kappa shape index (κ1) is 15.7. The van der Waals surface area contributed by atoms with Gasteiger partial charge >= 0.3 is 0 Å². The van der Waals surface area contributed by atoms with Crippen molar-refractivity contribution in [1.29, 1.82) is 0 Å². The van der Waals surface area contributed by atoms with Gasteiger partial charge in [-0.25, -0.2) is 0 Å². The molecule has 0 amide bonds. The molecule has 0 aliphatic carbocycles. The Morgan fingerprint density at radius 2 is 1.78 bits per heavy atom. The van der Waals surface area contributed by atoms with Crippen LogP contribution in [0.2, 0.25) is 0 Å². The second-order valence-corrected chi connectivity index (χ2v) is 5.99. The van der Waals surface area contributed by atoms with E-state index in [1.807, 2.05) is 0 Å². The second kappa shape index (κ2) is 8.71. The maximum atomic E-state index is 3.75. The van der Waals surface area contributed by atoms with E-state index in [1.165, 1.54) is 31.2 Å². The molecule has 0 saturated heterocycles. The highest BCUT2D eigenvalue weighted by Gasteiger charge is 2.11. The molecule has 0 saturated carbocycles. The van der Waals surface area contributed by atoms with Gasteiger partial charge in [-0.1, -0.05) is 61.2 Å². The Bertz CT molecular complexity index is 320. The minimum Gasteiger partial charge on any atom is -0.307 e. The summed E-state index contributed by atoms with van der Waals surface area (Å²) in [6.45, 7) is 6.81. The monoisotopic (exact) mass is 311 g/mol. The van der Waals surface area contributed by atoms with Gasteiger partial charge < -0.3 is 5.32 Å². The summed E-state index contributed by atoms with van der Waals surface area (Å²) >= 11 is 3.49. The van der Waals surface area contributed by atoms with Gasteiger partial charge in [-0.05, 0) is 37.5 Å². The van der Waals surface area contributed by atoms with Crippen LogP contribution in [0.5, 0.6) is 0 Å². The highest BCUT2D eigenvalue weighted by Crippen LogP contribution is 2.20. The lowest BCUT2D eigenvalue weighted by Gasteiger charge is -2.23. The molecule has 0 radical (unpaired) electrons. The smallest absolute Gasteiger partial charge is 0.0319 e. The van der Waals surface area contributed by atoms with Crippen LogP contribution in [0.15, 0.2) is 28.7 Å². The molecule has 1 aromatic carbocycles. The molecule has 0 aliphatic rings. The lowest BCUT2D eigenvalue weighted by atomic mass is 10.0. The molecule has 0 spiro atoms. The normalized spacial score (nSPS) is 14.4. The zero-order valence-corrected chi connectivity index (χ0v) is 13.5. The summed E-state index contributed by atoms with van der Waals surface area (Å²) in [5.74, 6) is 0. The molecule has 1 nitrogen and oxygen atoms in total. The number of unbranched alkanes of at least 4 members (excludes halogenated alkanes) is 2. The van der Waals surface area contributed by atoms with Crippen LogP contribution in [0.1, 0.15) is 64.5 Å². The summed E-state index contributed by atoms with van der Waals surface area (Å²) in [4.78, 5) is 0. The Morgan fingerprint density at radius 3 is 2.33 bits per heavy atom. The van der Waals surface area contributed by atoms with Gasteiger partial charge in [-0.2, -0.15) is 0 Å². The van der Waals surface area contributed by atoms with Gasteiger partial charge in [0.15, 0.2) is 0 Å². The third-order valence-corrected chi connectivity index (χ3v) is 3.94. The maximum absolute atomic E-state index is 3.75. The molecule has 1 rings (SSSR count). The van der Waals surface area contributed by atoms with E-state index in [2.05, 4.69) is 66.3 Å². The molecule has 0 heterocycles. The van der Waals surface area contributed by atoms with E-state index in [9.17, 15) is 0 Å². The maximum Gasteiger partial charge on any atom is 0.0319 e. The fraction of sp³-hybridized carbons (Fsp3) is 0.625. The Hall–Kier alpha value is -0.340. The van der Waals surface area contributed by atoms with Crippen molar-refractivity contribution >= 4 is 15.9 Å². The van der Waals surface area contributed by atoms with Gasteiger partial charge in [0.25, 0.3) is 0 Å². The molecule has 2 atom stereocenters. The zero-order valence-electron chi connectivity index (χ0n) is 11.9. The van der Waals surface area contributed by atoms with E-state index >= 15 is 0 Å². The van der Waals surface area contributed by atoms with Gasteiger partial charge in [0.05, 0.1) is 0 Å². The van der Waals surface area contributed by atoms with Gasteiger partial charge in [0.2, 0.25) is 0 Å². The van der Waals surface area contributed by atoms with E-state index in [0.29, 0.717) is 12.1 Å². The van der Waals surface area contributed by atoms with Crippen LogP contribution in [0.3, 0.4) is 0 Å². The van der Waals surface area contributed by atoms with Crippen molar-refractivity contribution in [3.8, 4) is 0 Å². The molecule has 1 aromatic rings. The van der Waals surface area contributed by atoms with Crippen LogP contribution in [-0.4, -0.2) is 6.04 Å². The zero-order chi connectivity index (χ0) is 13.4. The van der Waals surface area contributed by atoms with Gasteiger partial charge in [0.1, 0.15) is 0 Å². The number of halogens is 1. The first-order chi connectivity index (χ1) is 8.67. The summed E-state index contributed by atoms with van der Waals surface area (Å²) < 4.78 is 1.15. The molecular formula is C16H26BrN. The predicted octanol–water partition coefficient (Wildman–Crippen LogP) is 5.46. The van der Waals surface area contributed by atoms with Crippen molar-refractivity contribution in [2.24, 2.45) is 0 Å². The SMILES string of the molecule is CCCCCC(C)NC(CC)c1ccc(Br)cc1. The highest BCUT2D eigenvalue weighted by molar-refractivity contribution is 9.10. The summed E-state index contributed by atoms with van der Waals surface area (Å²) in [5, 5.41) is 3.75. The van der Waals surface area contributed by atoms with Crippen LogP contribution in [-0.2, 0) is 0 Å². The largest absolute Gasteiger partial charge is 0.307 e. The standard InChI is InChI=1S/C16H26BrN/c1-4-6-7-8-13(3)18-16(5-2)14-9-11-15(17)12-10-14/h9-13,16,18H,4-8H2,1-3H3. The minimum absolute atomic E-state index is 0.481. The predicted molar refractivity (Wildman–Crippen MR) is 83.9 cm³/mol. The summed E-state index contributed by atoms with van der Waals surface area (Å²) in [6.07, 6.45) is 6.40. The number of nitrogens with one attached hydrogen (secondary N) is 1. The van der Waals surface area contributed by atoms with E-state index in [1.54, 1.807) is 0 Å². The number of rotatable bonds is 8. The molecule has 2 heteroatoms. The summed E-state index contributed by atoms with van der Waals surface area (Å²) in [5.41, 5.74) is 1.39. The van der Waals surface area contributed by atoms with E-state index < -0.39 is 0 Å². The molecule has 18 heavy (non-hydrogen) atoms. The number of hydrogen-bond acceptors (Lipinski definition) is 1.